The molecule has 212 valence electrons. The molecule has 2 fully saturated rings. The normalized spacial score (nSPS) is 23.0. The summed E-state index contributed by atoms with van der Waals surface area (Å²) >= 11 is 0. The van der Waals surface area contributed by atoms with Crippen molar-refractivity contribution in [1.82, 2.24) is 5.32 Å². The van der Waals surface area contributed by atoms with Crippen LogP contribution < -0.4 is 10.2 Å². The van der Waals surface area contributed by atoms with Crippen molar-refractivity contribution >= 4 is 17.9 Å². The van der Waals surface area contributed by atoms with Crippen LogP contribution in [0.2, 0.25) is 0 Å². The highest BCUT2D eigenvalue weighted by Crippen LogP contribution is 2.53. The molecule has 0 spiro atoms. The number of nitrogens with zero attached hydrogens (tertiary/aromatic N) is 1. The fraction of sp³-hybridized carbons (Fsp3) is 0.462. The van der Waals surface area contributed by atoms with Crippen LogP contribution in [0.3, 0.4) is 0 Å². The molecule has 2 aliphatic rings. The number of hydrogen-bond donors (Lipinski definition) is 1. The molecule has 13 heteroatoms. The smallest absolute Gasteiger partial charge is 0.360 e. The van der Waals surface area contributed by atoms with Crippen molar-refractivity contribution in [1.29, 1.82) is 0 Å². The molecule has 1 aliphatic carbocycles. The molecular weight excluding hydrogens is 543 g/mol. The molecule has 0 bridgehead atoms. The summed E-state index contributed by atoms with van der Waals surface area (Å²) < 4.78 is 125. The van der Waals surface area contributed by atoms with Gasteiger partial charge in [-0.05, 0) is 67.6 Å². The van der Waals surface area contributed by atoms with Crippen molar-refractivity contribution in [3.63, 3.8) is 0 Å². The van der Waals surface area contributed by atoms with Crippen molar-refractivity contribution in [2.24, 2.45) is 5.92 Å². The number of carbonyl (C=O) groups is 2. The molecule has 0 radical (unpaired) electrons. The van der Waals surface area contributed by atoms with E-state index in [4.69, 9.17) is 0 Å². The maximum atomic E-state index is 14.7. The number of amides is 1. The zero-order valence-electron chi connectivity index (χ0n) is 20.3. The van der Waals surface area contributed by atoms with Crippen LogP contribution in [0.25, 0.3) is 0 Å². The zero-order valence-corrected chi connectivity index (χ0v) is 20.3. The first-order chi connectivity index (χ1) is 18.0. The van der Waals surface area contributed by atoms with Crippen LogP contribution in [0.5, 0.6) is 0 Å². The summed E-state index contributed by atoms with van der Waals surface area (Å²) in [5.74, 6) is -0.171. The molecule has 2 aromatic rings. The number of carbonyl (C=O) groups excluding carboxylic acids is 2. The van der Waals surface area contributed by atoms with Gasteiger partial charge in [-0.3, -0.25) is 4.79 Å². The Balaban J connectivity index is 1.74. The van der Waals surface area contributed by atoms with Crippen molar-refractivity contribution in [3.8, 4) is 0 Å². The van der Waals surface area contributed by atoms with E-state index in [2.05, 4.69) is 5.32 Å². The predicted octanol–water partition coefficient (Wildman–Crippen LogP) is 6.59. The van der Waals surface area contributed by atoms with E-state index in [1.807, 2.05) is 0 Å². The minimum atomic E-state index is -5.37. The van der Waals surface area contributed by atoms with Gasteiger partial charge in [0.05, 0.1) is 17.2 Å². The molecule has 39 heavy (non-hydrogen) atoms. The molecule has 4 rings (SSSR count). The zero-order chi connectivity index (χ0) is 29.0. The quantitative estimate of drug-likeness (QED) is 0.317. The van der Waals surface area contributed by atoms with Gasteiger partial charge in [0.25, 0.3) is 0 Å². The Morgan fingerprint density at radius 2 is 1.49 bits per heavy atom. The summed E-state index contributed by atoms with van der Waals surface area (Å²) in [6.45, 7) is 1.24. The minimum Gasteiger partial charge on any atom is -0.360 e. The average molecular weight is 566 g/mol. The molecule has 2 aromatic carbocycles. The van der Waals surface area contributed by atoms with Crippen LogP contribution in [-0.4, -0.2) is 31.0 Å². The Labute approximate surface area is 217 Å². The molecular formula is C26H23F9N2O2. The third-order valence-corrected chi connectivity index (χ3v) is 7.36. The third kappa shape index (κ3) is 5.44. The Morgan fingerprint density at radius 3 is 1.92 bits per heavy atom. The molecule has 1 aliphatic heterocycles. The summed E-state index contributed by atoms with van der Waals surface area (Å²) in [5, 5.41) is 2.82. The van der Waals surface area contributed by atoms with Crippen LogP contribution >= 0.6 is 0 Å². The fourth-order valence-corrected chi connectivity index (χ4v) is 5.04. The summed E-state index contributed by atoms with van der Waals surface area (Å²) in [5.41, 5.74) is -7.68. The minimum absolute atomic E-state index is 0.0378. The van der Waals surface area contributed by atoms with Crippen LogP contribution in [0.1, 0.15) is 54.5 Å². The molecule has 1 N–H and O–H groups in total. The highest BCUT2D eigenvalue weighted by atomic mass is 19.4. The van der Waals surface area contributed by atoms with E-state index < -0.39 is 65.7 Å². The van der Waals surface area contributed by atoms with E-state index in [0.29, 0.717) is 5.56 Å². The van der Waals surface area contributed by atoms with E-state index >= 15 is 0 Å². The SMILES string of the molecule is CC(NC(=O)C1CC1)c1ccc(N2CCC(c3cc(C(F)(F)F)cc(C(F)(F)F)c3)(C(F)(F)F)C2C=O)cc1. The Kier molecular flexibility index (Phi) is 7.18. The van der Waals surface area contributed by atoms with Gasteiger partial charge in [-0.1, -0.05) is 12.1 Å². The highest BCUT2D eigenvalue weighted by molar-refractivity contribution is 5.81. The second kappa shape index (κ2) is 9.74. The topological polar surface area (TPSA) is 49.4 Å². The van der Waals surface area contributed by atoms with E-state index in [0.717, 1.165) is 17.7 Å². The maximum absolute atomic E-state index is 14.7. The lowest BCUT2D eigenvalue weighted by atomic mass is 9.72. The van der Waals surface area contributed by atoms with Gasteiger partial charge in [-0.15, -0.1) is 0 Å². The maximum Gasteiger partial charge on any atom is 0.416 e. The van der Waals surface area contributed by atoms with Crippen molar-refractivity contribution in [2.75, 3.05) is 11.4 Å². The van der Waals surface area contributed by atoms with Crippen LogP contribution in [0.15, 0.2) is 42.5 Å². The lowest BCUT2D eigenvalue weighted by Crippen LogP contribution is -2.53. The van der Waals surface area contributed by atoms with E-state index in [1.165, 1.54) is 24.3 Å². The lowest BCUT2D eigenvalue weighted by Gasteiger charge is -2.38. The van der Waals surface area contributed by atoms with Crippen LogP contribution in [0, 0.1) is 5.92 Å². The average Bonchev–Trinajstić information content (AvgIpc) is 3.61. The van der Waals surface area contributed by atoms with Gasteiger partial charge in [-0.25, -0.2) is 0 Å². The number of rotatable bonds is 6. The van der Waals surface area contributed by atoms with E-state index in [-0.39, 0.29) is 42.0 Å². The molecule has 3 unspecified atom stereocenters. The van der Waals surface area contributed by atoms with Crippen LogP contribution in [0.4, 0.5) is 45.2 Å². The monoisotopic (exact) mass is 566 g/mol. The van der Waals surface area contributed by atoms with Crippen molar-refractivity contribution in [3.05, 3.63) is 64.7 Å². The molecule has 0 aromatic heterocycles. The highest BCUT2D eigenvalue weighted by Gasteiger charge is 2.65. The predicted molar refractivity (Wildman–Crippen MR) is 122 cm³/mol. The molecule has 3 atom stereocenters. The van der Waals surface area contributed by atoms with E-state index in [1.54, 1.807) is 6.92 Å². The fourth-order valence-electron chi connectivity index (χ4n) is 5.04. The molecule has 1 saturated heterocycles. The van der Waals surface area contributed by atoms with E-state index in [9.17, 15) is 49.1 Å². The Morgan fingerprint density at radius 1 is 0.949 bits per heavy atom. The second-order valence-electron chi connectivity index (χ2n) is 9.88. The Bertz CT molecular complexity index is 1200. The van der Waals surface area contributed by atoms with Gasteiger partial charge >= 0.3 is 18.5 Å². The largest absolute Gasteiger partial charge is 0.416 e. The van der Waals surface area contributed by atoms with Crippen molar-refractivity contribution in [2.45, 2.75) is 62.2 Å². The first-order valence-corrected chi connectivity index (χ1v) is 12.0. The van der Waals surface area contributed by atoms with Gasteiger partial charge in [0, 0.05) is 18.2 Å². The number of benzene rings is 2. The standard InChI is InChI=1S/C26H23F9N2O2/c1-14(36-22(39)16-2-3-16)15-4-6-20(7-5-15)37-9-8-23(21(37)13-38,26(33,34)35)17-10-18(24(27,28)29)12-19(11-17)25(30,31)32/h4-7,10-14,16,21H,2-3,8-9H2,1H3,(H,36,39). The first-order valence-electron chi connectivity index (χ1n) is 12.0. The number of anilines is 1. The Hall–Kier alpha value is -3.25. The summed E-state index contributed by atoms with van der Waals surface area (Å²) in [7, 11) is 0. The van der Waals surface area contributed by atoms with Gasteiger partial charge < -0.3 is 15.0 Å². The van der Waals surface area contributed by atoms with Crippen molar-refractivity contribution < 1.29 is 49.1 Å². The number of hydrogen-bond acceptors (Lipinski definition) is 3. The van der Waals surface area contributed by atoms with Gasteiger partial charge in [0.15, 0.2) is 0 Å². The number of halogens is 9. The molecule has 1 amide bonds. The summed E-state index contributed by atoms with van der Waals surface area (Å²) in [6.07, 6.45) is -15.6. The molecule has 1 saturated carbocycles. The second-order valence-corrected chi connectivity index (χ2v) is 9.88. The lowest BCUT2D eigenvalue weighted by molar-refractivity contribution is -0.192. The third-order valence-electron chi connectivity index (χ3n) is 7.36. The number of alkyl halides is 9. The summed E-state index contributed by atoms with van der Waals surface area (Å²) in [6, 6.07) is 3.09. The summed E-state index contributed by atoms with van der Waals surface area (Å²) in [4.78, 5) is 25.2. The number of nitrogens with one attached hydrogen (secondary N) is 1. The molecule has 4 nitrogen and oxygen atoms in total. The van der Waals surface area contributed by atoms with Gasteiger partial charge in [-0.2, -0.15) is 39.5 Å². The van der Waals surface area contributed by atoms with Gasteiger partial charge in [0.1, 0.15) is 17.7 Å². The van der Waals surface area contributed by atoms with Gasteiger partial charge in [0.2, 0.25) is 5.91 Å². The first kappa shape index (κ1) is 28.8. The molecule has 1 heterocycles. The number of aldehydes is 1. The van der Waals surface area contributed by atoms with Crippen LogP contribution in [-0.2, 0) is 27.4 Å².